The number of aliphatic carboxylic acids is 1. The maximum atomic E-state index is 13.2. The molecule has 0 bridgehead atoms. The van der Waals surface area contributed by atoms with Gasteiger partial charge in [0.2, 0.25) is 0 Å². The predicted octanol–water partition coefficient (Wildman–Crippen LogP) is 4.00. The number of nitrogens with zero attached hydrogens (tertiary/aromatic N) is 2. The van der Waals surface area contributed by atoms with Gasteiger partial charge in [-0.2, -0.15) is 0 Å². The number of benzene rings is 1. The lowest BCUT2D eigenvalue weighted by Gasteiger charge is -2.16. The number of halogens is 1. The molecule has 1 N–H and O–H groups in total. The number of Topliss-reactive ketones (excluding diaryl/α,β-unsaturated/α-hetero) is 1. The highest BCUT2D eigenvalue weighted by atomic mass is 32.2. The fraction of sp³-hybridized carbons (Fsp3) is 0.333. The summed E-state index contributed by atoms with van der Waals surface area (Å²) in [5.41, 5.74) is 1.79. The number of carbonyl (C=O) groups excluding carboxylic acids is 1. The molecule has 0 radical (unpaired) electrons. The van der Waals surface area contributed by atoms with Crippen molar-refractivity contribution in [1.29, 1.82) is 0 Å². The lowest BCUT2D eigenvalue weighted by molar-refractivity contribution is -0.137. The van der Waals surface area contributed by atoms with E-state index in [0.717, 1.165) is 11.8 Å². The molecule has 1 aromatic heterocycles. The van der Waals surface area contributed by atoms with Gasteiger partial charge in [0.05, 0.1) is 17.0 Å². The van der Waals surface area contributed by atoms with Gasteiger partial charge in [0, 0.05) is 5.56 Å². The summed E-state index contributed by atoms with van der Waals surface area (Å²) < 4.78 is 13.2. The number of hydrogen-bond acceptors (Lipinski definition) is 5. The number of thioether (sulfide) groups is 1. The molecule has 5 nitrogen and oxygen atoms in total. The fourth-order valence-corrected chi connectivity index (χ4v) is 3.36. The smallest absolute Gasteiger partial charge is 0.317 e. The Morgan fingerprint density at radius 1 is 1.16 bits per heavy atom. The summed E-state index contributed by atoms with van der Waals surface area (Å²) in [4.78, 5) is 32.1. The number of hydrogen-bond donors (Lipinski definition) is 1. The molecule has 0 aliphatic rings. The summed E-state index contributed by atoms with van der Waals surface area (Å²) in [6, 6.07) is 5.65. The van der Waals surface area contributed by atoms with Crippen LogP contribution in [0, 0.1) is 18.7 Å². The highest BCUT2D eigenvalue weighted by Crippen LogP contribution is 2.31. The zero-order valence-corrected chi connectivity index (χ0v) is 15.2. The van der Waals surface area contributed by atoms with Crippen LogP contribution in [0.1, 0.15) is 36.8 Å². The summed E-state index contributed by atoms with van der Waals surface area (Å²) in [6.07, 6.45) is 0. The summed E-state index contributed by atoms with van der Waals surface area (Å²) in [5, 5.41) is 8.94. The average molecular weight is 362 g/mol. The van der Waals surface area contributed by atoms with Crippen molar-refractivity contribution in [2.45, 2.75) is 38.1 Å². The Morgan fingerprint density at radius 3 is 2.24 bits per heavy atom. The third-order valence-corrected chi connectivity index (χ3v) is 5.01. The van der Waals surface area contributed by atoms with Crippen LogP contribution in [-0.2, 0) is 4.79 Å². The van der Waals surface area contributed by atoms with E-state index in [4.69, 9.17) is 0 Å². The molecular formula is C18H19FN2O3S. The van der Waals surface area contributed by atoms with Crippen LogP contribution in [0.2, 0.25) is 0 Å². The quantitative estimate of drug-likeness (QED) is 0.475. The maximum absolute atomic E-state index is 13.2. The number of aromatic nitrogens is 2. The zero-order chi connectivity index (χ0) is 18.7. The summed E-state index contributed by atoms with van der Waals surface area (Å²) >= 11 is 1.04. The van der Waals surface area contributed by atoms with Crippen LogP contribution in [-0.4, -0.2) is 32.1 Å². The van der Waals surface area contributed by atoms with Crippen molar-refractivity contribution in [1.82, 2.24) is 9.97 Å². The monoisotopic (exact) mass is 362 g/mol. The average Bonchev–Trinajstić information content (AvgIpc) is 2.51. The third kappa shape index (κ3) is 4.42. The van der Waals surface area contributed by atoms with E-state index in [0.29, 0.717) is 22.5 Å². The topological polar surface area (TPSA) is 80.2 Å². The molecule has 1 atom stereocenters. The number of carboxylic acid groups (broad SMARTS) is 1. The van der Waals surface area contributed by atoms with Gasteiger partial charge < -0.3 is 5.11 Å². The molecule has 132 valence electrons. The molecule has 0 saturated heterocycles. The molecule has 0 spiro atoms. The molecule has 2 aromatic rings. The van der Waals surface area contributed by atoms with E-state index in [2.05, 4.69) is 9.97 Å². The van der Waals surface area contributed by atoms with E-state index in [1.165, 1.54) is 31.2 Å². The van der Waals surface area contributed by atoms with Crippen molar-refractivity contribution in [2.24, 2.45) is 5.92 Å². The van der Waals surface area contributed by atoms with E-state index >= 15 is 0 Å². The van der Waals surface area contributed by atoms with Crippen LogP contribution in [0.5, 0.6) is 0 Å². The summed E-state index contributed by atoms with van der Waals surface area (Å²) in [6.45, 7) is 6.72. The van der Waals surface area contributed by atoms with Gasteiger partial charge in [0.15, 0.2) is 10.9 Å². The lowest BCUT2D eigenvalue weighted by Crippen LogP contribution is -2.23. The number of ketones is 1. The van der Waals surface area contributed by atoms with Gasteiger partial charge in [-0.3, -0.25) is 9.59 Å². The predicted molar refractivity (Wildman–Crippen MR) is 94.3 cm³/mol. The van der Waals surface area contributed by atoms with Crippen molar-refractivity contribution in [3.63, 3.8) is 0 Å². The Bertz CT molecular complexity index is 807. The van der Waals surface area contributed by atoms with Crippen molar-refractivity contribution in [2.75, 3.05) is 0 Å². The molecule has 0 aliphatic heterocycles. The normalized spacial score (nSPS) is 12.2. The summed E-state index contributed by atoms with van der Waals surface area (Å²) in [7, 11) is 0. The fourth-order valence-electron chi connectivity index (χ4n) is 2.42. The standard InChI is InChI=1S/C18H19FN2O3S/c1-9(2)16(17(23)24)25-18-20-10(3)14(11(4)22)15(21-18)12-5-7-13(19)8-6-12/h5-9,16H,1-4H3,(H,23,24). The molecular weight excluding hydrogens is 343 g/mol. The minimum absolute atomic E-state index is 0.117. The Labute approximate surface area is 149 Å². The lowest BCUT2D eigenvalue weighted by atomic mass is 10.0. The molecule has 0 aliphatic carbocycles. The van der Waals surface area contributed by atoms with Gasteiger partial charge in [-0.25, -0.2) is 14.4 Å². The van der Waals surface area contributed by atoms with E-state index in [1.54, 1.807) is 6.92 Å². The van der Waals surface area contributed by atoms with E-state index in [-0.39, 0.29) is 22.7 Å². The van der Waals surface area contributed by atoms with Crippen LogP contribution in [0.4, 0.5) is 4.39 Å². The molecule has 0 amide bonds. The Hall–Kier alpha value is -2.28. The first-order chi connectivity index (χ1) is 11.7. The molecule has 1 heterocycles. The minimum Gasteiger partial charge on any atom is -0.480 e. The minimum atomic E-state index is -0.944. The number of rotatable bonds is 6. The van der Waals surface area contributed by atoms with Crippen molar-refractivity contribution < 1.29 is 19.1 Å². The second kappa shape index (κ2) is 7.74. The van der Waals surface area contributed by atoms with Gasteiger partial charge in [-0.15, -0.1) is 0 Å². The first-order valence-electron chi connectivity index (χ1n) is 7.75. The molecule has 0 saturated carbocycles. The number of aryl methyl sites for hydroxylation is 1. The van der Waals surface area contributed by atoms with E-state index in [9.17, 15) is 19.1 Å². The third-order valence-electron chi connectivity index (χ3n) is 3.62. The van der Waals surface area contributed by atoms with Gasteiger partial charge in [-0.1, -0.05) is 25.6 Å². The number of carboxylic acids is 1. The molecule has 1 aromatic carbocycles. The highest BCUT2D eigenvalue weighted by Gasteiger charge is 2.26. The zero-order valence-electron chi connectivity index (χ0n) is 14.4. The van der Waals surface area contributed by atoms with E-state index < -0.39 is 11.2 Å². The molecule has 25 heavy (non-hydrogen) atoms. The number of carbonyl (C=O) groups is 2. The Morgan fingerprint density at radius 2 is 1.76 bits per heavy atom. The van der Waals surface area contributed by atoms with Crippen LogP contribution >= 0.6 is 11.8 Å². The van der Waals surface area contributed by atoms with Gasteiger partial charge >= 0.3 is 5.97 Å². The van der Waals surface area contributed by atoms with Crippen LogP contribution in [0.3, 0.4) is 0 Å². The second-order valence-corrected chi connectivity index (χ2v) is 7.11. The van der Waals surface area contributed by atoms with Crippen LogP contribution < -0.4 is 0 Å². The highest BCUT2D eigenvalue weighted by molar-refractivity contribution is 8.00. The summed E-state index contributed by atoms with van der Waals surface area (Å²) in [5.74, 6) is -1.65. The van der Waals surface area contributed by atoms with Crippen molar-refractivity contribution in [3.8, 4) is 11.3 Å². The van der Waals surface area contributed by atoms with Crippen molar-refractivity contribution in [3.05, 3.63) is 41.3 Å². The van der Waals surface area contributed by atoms with E-state index in [1.807, 2.05) is 13.8 Å². The second-order valence-electron chi connectivity index (χ2n) is 6.00. The molecule has 7 heteroatoms. The first kappa shape index (κ1) is 19.1. The molecule has 0 fully saturated rings. The van der Waals surface area contributed by atoms with Gasteiger partial charge in [0.25, 0.3) is 0 Å². The largest absolute Gasteiger partial charge is 0.480 e. The SMILES string of the molecule is CC(=O)c1c(C)nc(SC(C(=O)O)C(C)C)nc1-c1ccc(F)cc1. The molecule has 1 unspecified atom stereocenters. The van der Waals surface area contributed by atoms with Crippen LogP contribution in [0.15, 0.2) is 29.4 Å². The maximum Gasteiger partial charge on any atom is 0.317 e. The Kier molecular flexibility index (Phi) is 5.89. The van der Waals surface area contributed by atoms with Crippen molar-refractivity contribution >= 4 is 23.5 Å². The van der Waals surface area contributed by atoms with Crippen LogP contribution in [0.25, 0.3) is 11.3 Å². The molecule has 2 rings (SSSR count). The van der Waals surface area contributed by atoms with Gasteiger partial charge in [0.1, 0.15) is 11.1 Å². The Balaban J connectivity index is 2.56. The first-order valence-corrected chi connectivity index (χ1v) is 8.63. The van der Waals surface area contributed by atoms with Gasteiger partial charge in [-0.05, 0) is 44.0 Å².